The number of aromatic nitrogens is 2. The molecule has 110 valence electrons. The molecule has 1 atom stereocenters. The number of hydrogen-bond donors (Lipinski definition) is 0. The minimum absolute atomic E-state index is 0.103. The zero-order chi connectivity index (χ0) is 15.3. The van der Waals surface area contributed by atoms with Gasteiger partial charge in [-0.2, -0.15) is 10.2 Å². The highest BCUT2D eigenvalue weighted by Gasteiger charge is 2.25. The molecule has 2 aromatic rings. The van der Waals surface area contributed by atoms with E-state index in [9.17, 15) is 0 Å². The van der Waals surface area contributed by atoms with Crippen molar-refractivity contribution in [1.29, 1.82) is 5.26 Å². The topological polar surface area (TPSA) is 62.7 Å². The largest absolute Gasteiger partial charge is 0.339 e. The van der Waals surface area contributed by atoms with E-state index in [4.69, 9.17) is 9.78 Å². The Balaban J connectivity index is 2.06. The first-order valence-corrected chi connectivity index (χ1v) is 7.77. The second-order valence-electron chi connectivity index (χ2n) is 5.59. The van der Waals surface area contributed by atoms with Crippen molar-refractivity contribution in [1.82, 2.24) is 10.1 Å². The maximum atomic E-state index is 8.92. The van der Waals surface area contributed by atoms with Crippen molar-refractivity contribution in [3.8, 4) is 6.07 Å². The summed E-state index contributed by atoms with van der Waals surface area (Å²) in [4.78, 5) is 4.45. The normalized spacial score (nSPS) is 13.6. The minimum Gasteiger partial charge on any atom is -0.339 e. The summed E-state index contributed by atoms with van der Waals surface area (Å²) in [6, 6.07) is 10.3. The van der Waals surface area contributed by atoms with Gasteiger partial charge in [0, 0.05) is 23.7 Å². The van der Waals surface area contributed by atoms with Gasteiger partial charge in [0.2, 0.25) is 5.89 Å². The maximum absolute atomic E-state index is 8.92. The van der Waals surface area contributed by atoms with Gasteiger partial charge in [-0.1, -0.05) is 47.1 Å². The Labute approximate surface area is 133 Å². The lowest BCUT2D eigenvalue weighted by Crippen LogP contribution is -2.18. The molecule has 0 aliphatic carbocycles. The van der Waals surface area contributed by atoms with Crippen LogP contribution in [0.25, 0.3) is 0 Å². The first-order valence-electron chi connectivity index (χ1n) is 6.97. The zero-order valence-corrected chi connectivity index (χ0v) is 13.9. The molecular weight excluding hydrogens is 330 g/mol. The molecular formula is C16H18BrN3O. The van der Waals surface area contributed by atoms with E-state index in [0.29, 0.717) is 31.0 Å². The summed E-state index contributed by atoms with van der Waals surface area (Å²) < 4.78 is 6.37. The van der Waals surface area contributed by atoms with E-state index in [1.165, 1.54) is 0 Å². The highest BCUT2D eigenvalue weighted by Crippen LogP contribution is 2.29. The van der Waals surface area contributed by atoms with Crippen LogP contribution in [0.1, 0.15) is 44.0 Å². The molecule has 0 aliphatic rings. The third kappa shape index (κ3) is 4.40. The summed E-state index contributed by atoms with van der Waals surface area (Å²) in [6.45, 7) is 4.16. The van der Waals surface area contributed by atoms with Gasteiger partial charge >= 0.3 is 0 Å². The molecule has 1 aromatic carbocycles. The summed E-state index contributed by atoms with van der Waals surface area (Å²) in [6.07, 6.45) is 2.68. The van der Waals surface area contributed by atoms with Crippen LogP contribution in [0.4, 0.5) is 0 Å². The van der Waals surface area contributed by atoms with Crippen LogP contribution in [0, 0.1) is 16.7 Å². The van der Waals surface area contributed by atoms with E-state index in [1.807, 2.05) is 24.3 Å². The number of halogens is 1. The number of hydrogen-bond acceptors (Lipinski definition) is 4. The van der Waals surface area contributed by atoms with Crippen molar-refractivity contribution in [2.24, 2.45) is 5.41 Å². The van der Waals surface area contributed by atoms with Gasteiger partial charge in [-0.3, -0.25) is 0 Å². The Morgan fingerprint density at radius 1 is 1.43 bits per heavy atom. The number of benzene rings is 1. The molecule has 5 heteroatoms. The second kappa shape index (κ2) is 6.86. The Morgan fingerprint density at radius 2 is 2.24 bits per heavy atom. The zero-order valence-electron chi connectivity index (χ0n) is 12.3. The number of nitrogens with zero attached hydrogens (tertiary/aromatic N) is 3. The van der Waals surface area contributed by atoms with Crippen molar-refractivity contribution < 1.29 is 4.52 Å². The lowest BCUT2D eigenvalue weighted by Gasteiger charge is -2.22. The van der Waals surface area contributed by atoms with Crippen molar-refractivity contribution in [2.45, 2.75) is 39.5 Å². The molecule has 1 aromatic heterocycles. The average molecular weight is 348 g/mol. The molecule has 2 rings (SSSR count). The van der Waals surface area contributed by atoms with Gasteiger partial charge in [-0.25, -0.2) is 0 Å². The Morgan fingerprint density at radius 3 is 2.90 bits per heavy atom. The van der Waals surface area contributed by atoms with E-state index in [2.05, 4.69) is 46.0 Å². The molecule has 0 spiro atoms. The number of nitriles is 1. The van der Waals surface area contributed by atoms with Gasteiger partial charge in [0.05, 0.1) is 6.07 Å². The third-order valence-electron chi connectivity index (χ3n) is 3.70. The summed E-state index contributed by atoms with van der Waals surface area (Å²) in [5, 5.41) is 13.0. The standard InChI is InChI=1S/C16H18BrN3O/c1-3-16(2,7-8-18)11-15-19-14(20-21-15)10-12-5-4-6-13(17)9-12/h4-6,9H,3,7,10-11H2,1-2H3. The summed E-state index contributed by atoms with van der Waals surface area (Å²) >= 11 is 3.45. The molecule has 1 unspecified atom stereocenters. The third-order valence-corrected chi connectivity index (χ3v) is 4.19. The lowest BCUT2D eigenvalue weighted by atomic mass is 9.81. The fraction of sp³-hybridized carbons (Fsp3) is 0.438. The van der Waals surface area contributed by atoms with Crippen molar-refractivity contribution in [2.75, 3.05) is 0 Å². The average Bonchev–Trinajstić information content (AvgIpc) is 2.86. The summed E-state index contributed by atoms with van der Waals surface area (Å²) in [5.74, 6) is 1.29. The molecule has 0 amide bonds. The van der Waals surface area contributed by atoms with E-state index in [1.54, 1.807) is 0 Å². The van der Waals surface area contributed by atoms with Crippen LogP contribution in [-0.2, 0) is 12.8 Å². The summed E-state index contributed by atoms with van der Waals surface area (Å²) in [5.41, 5.74) is 1.03. The Hall–Kier alpha value is -1.67. The molecule has 0 aliphatic heterocycles. The quantitative estimate of drug-likeness (QED) is 0.781. The molecule has 0 saturated heterocycles. The fourth-order valence-corrected chi connectivity index (χ4v) is 2.58. The first-order chi connectivity index (χ1) is 10.0. The fourth-order valence-electron chi connectivity index (χ4n) is 2.13. The van der Waals surface area contributed by atoms with Gasteiger partial charge < -0.3 is 4.52 Å². The molecule has 0 fully saturated rings. The smallest absolute Gasteiger partial charge is 0.227 e. The maximum Gasteiger partial charge on any atom is 0.227 e. The van der Waals surface area contributed by atoms with E-state index in [-0.39, 0.29) is 5.41 Å². The molecule has 0 saturated carbocycles. The number of rotatable bonds is 6. The molecule has 0 radical (unpaired) electrons. The van der Waals surface area contributed by atoms with Crippen LogP contribution < -0.4 is 0 Å². The highest BCUT2D eigenvalue weighted by atomic mass is 79.9. The highest BCUT2D eigenvalue weighted by molar-refractivity contribution is 9.10. The van der Waals surface area contributed by atoms with Gasteiger partial charge in [-0.15, -0.1) is 0 Å². The SMILES string of the molecule is CCC(C)(CC#N)Cc1nc(Cc2cccc(Br)c2)no1. The van der Waals surface area contributed by atoms with Crippen LogP contribution in [0.2, 0.25) is 0 Å². The van der Waals surface area contributed by atoms with Gasteiger partial charge in [0.15, 0.2) is 5.82 Å². The Bertz CT molecular complexity index is 647. The summed E-state index contributed by atoms with van der Waals surface area (Å²) in [7, 11) is 0. The molecule has 4 nitrogen and oxygen atoms in total. The molecule has 0 bridgehead atoms. The first kappa shape index (κ1) is 15.7. The van der Waals surface area contributed by atoms with Crippen molar-refractivity contribution >= 4 is 15.9 Å². The van der Waals surface area contributed by atoms with E-state index < -0.39 is 0 Å². The van der Waals surface area contributed by atoms with Gasteiger partial charge in [0.25, 0.3) is 0 Å². The molecule has 0 N–H and O–H groups in total. The van der Waals surface area contributed by atoms with Crippen molar-refractivity contribution in [3.63, 3.8) is 0 Å². The lowest BCUT2D eigenvalue weighted by molar-refractivity contribution is 0.265. The monoisotopic (exact) mass is 347 g/mol. The van der Waals surface area contributed by atoms with Crippen LogP contribution in [-0.4, -0.2) is 10.1 Å². The predicted molar refractivity (Wildman–Crippen MR) is 83.6 cm³/mol. The van der Waals surface area contributed by atoms with Crippen LogP contribution >= 0.6 is 15.9 Å². The molecule has 21 heavy (non-hydrogen) atoms. The van der Waals surface area contributed by atoms with Gasteiger partial charge in [0.1, 0.15) is 0 Å². The van der Waals surface area contributed by atoms with E-state index >= 15 is 0 Å². The van der Waals surface area contributed by atoms with Crippen molar-refractivity contribution in [3.05, 3.63) is 46.0 Å². The predicted octanol–water partition coefficient (Wildman–Crippen LogP) is 4.30. The van der Waals surface area contributed by atoms with Crippen LogP contribution in [0.15, 0.2) is 33.3 Å². The van der Waals surface area contributed by atoms with Gasteiger partial charge in [-0.05, 0) is 29.5 Å². The van der Waals surface area contributed by atoms with Crippen LogP contribution in [0.3, 0.4) is 0 Å². The molecule has 1 heterocycles. The van der Waals surface area contributed by atoms with Crippen LogP contribution in [0.5, 0.6) is 0 Å². The minimum atomic E-state index is -0.103. The Kier molecular flexibility index (Phi) is 5.13. The van der Waals surface area contributed by atoms with E-state index in [0.717, 1.165) is 16.5 Å². The second-order valence-corrected chi connectivity index (χ2v) is 6.50.